The zero-order valence-corrected chi connectivity index (χ0v) is 19.6. The third kappa shape index (κ3) is 5.13. The van der Waals surface area contributed by atoms with Crippen LogP contribution in [0.1, 0.15) is 23.6 Å². The molecule has 0 aliphatic carbocycles. The normalized spacial score (nSPS) is 15.5. The van der Waals surface area contributed by atoms with Crippen LogP contribution in [0.5, 0.6) is 17.2 Å². The Morgan fingerprint density at radius 2 is 1.81 bits per heavy atom. The number of ether oxygens (including phenoxy) is 3. The molecule has 1 aliphatic heterocycles. The predicted octanol–water partition coefficient (Wildman–Crippen LogP) is 2.98. The number of methoxy groups -OCH3 is 2. The summed E-state index contributed by atoms with van der Waals surface area (Å²) in [5.74, 6) is 2.05. The van der Waals surface area contributed by atoms with Crippen LogP contribution in [0.15, 0.2) is 41.5 Å². The van der Waals surface area contributed by atoms with Gasteiger partial charge in [-0.3, -0.25) is 0 Å². The summed E-state index contributed by atoms with van der Waals surface area (Å²) in [6, 6.07) is 11.3. The highest BCUT2D eigenvalue weighted by atomic mass is 16.5. The van der Waals surface area contributed by atoms with Crippen molar-refractivity contribution in [2.45, 2.75) is 19.4 Å². The molecular formula is C24H32N4O4. The van der Waals surface area contributed by atoms with Gasteiger partial charge in [0.05, 0.1) is 26.0 Å². The maximum atomic E-state index is 12.6. The SMILES string of the molecule is CNC(=O)N1N=C(c2ccc(OCCN(C)C)cc2)c2cc(OC)c(OC)cc2C[C@H]1C. The molecule has 0 saturated carbocycles. The van der Waals surface area contributed by atoms with Gasteiger partial charge >= 0.3 is 6.03 Å². The highest BCUT2D eigenvalue weighted by Gasteiger charge is 2.28. The standard InChI is InChI=1S/C24H32N4O4/c1-16-13-18-14-21(30-5)22(31-6)15-20(18)23(26-28(16)24(29)25-2)17-7-9-19(10-8-17)32-12-11-27(3)4/h7-10,14-16H,11-13H2,1-6H3,(H,25,29)/t16-/m1/s1. The number of benzene rings is 2. The first-order valence-electron chi connectivity index (χ1n) is 10.6. The molecule has 8 heteroatoms. The average molecular weight is 441 g/mol. The third-order valence-corrected chi connectivity index (χ3v) is 5.36. The lowest BCUT2D eigenvalue weighted by Crippen LogP contribution is -2.41. The lowest BCUT2D eigenvalue weighted by atomic mass is 9.94. The molecule has 172 valence electrons. The molecule has 0 spiro atoms. The van der Waals surface area contributed by atoms with Gasteiger partial charge in [-0.1, -0.05) is 0 Å². The van der Waals surface area contributed by atoms with Crippen molar-refractivity contribution in [3.05, 3.63) is 53.1 Å². The van der Waals surface area contributed by atoms with Crippen LogP contribution in [0, 0.1) is 0 Å². The van der Waals surface area contributed by atoms with Crippen LogP contribution in [0.3, 0.4) is 0 Å². The number of amides is 2. The van der Waals surface area contributed by atoms with E-state index >= 15 is 0 Å². The van der Waals surface area contributed by atoms with Crippen LogP contribution in [-0.4, -0.2) is 76.2 Å². The molecule has 1 heterocycles. The van der Waals surface area contributed by atoms with E-state index in [4.69, 9.17) is 19.3 Å². The minimum atomic E-state index is -0.259. The van der Waals surface area contributed by atoms with Gasteiger partial charge < -0.3 is 24.4 Å². The van der Waals surface area contributed by atoms with Crippen LogP contribution >= 0.6 is 0 Å². The number of hydrogen-bond acceptors (Lipinski definition) is 6. The van der Waals surface area contributed by atoms with Gasteiger partial charge in [-0.25, -0.2) is 9.80 Å². The number of rotatable bonds is 7. The summed E-state index contributed by atoms with van der Waals surface area (Å²) < 4.78 is 16.9. The lowest BCUT2D eigenvalue weighted by molar-refractivity contribution is 0.184. The van der Waals surface area contributed by atoms with Gasteiger partial charge in [0.1, 0.15) is 12.4 Å². The maximum Gasteiger partial charge on any atom is 0.337 e. The van der Waals surface area contributed by atoms with Gasteiger partial charge in [-0.15, -0.1) is 0 Å². The van der Waals surface area contributed by atoms with Crippen LogP contribution in [0.2, 0.25) is 0 Å². The van der Waals surface area contributed by atoms with E-state index in [1.807, 2.05) is 57.4 Å². The highest BCUT2D eigenvalue weighted by Crippen LogP contribution is 2.34. The van der Waals surface area contributed by atoms with Crippen molar-refractivity contribution < 1.29 is 19.0 Å². The summed E-state index contributed by atoms with van der Waals surface area (Å²) in [5.41, 5.74) is 3.50. The van der Waals surface area contributed by atoms with Crippen LogP contribution in [-0.2, 0) is 6.42 Å². The fourth-order valence-corrected chi connectivity index (χ4v) is 3.60. The summed E-state index contributed by atoms with van der Waals surface area (Å²) in [4.78, 5) is 14.6. The highest BCUT2D eigenvalue weighted by molar-refractivity contribution is 6.14. The van der Waals surface area contributed by atoms with E-state index in [1.165, 1.54) is 5.01 Å². The second-order valence-electron chi connectivity index (χ2n) is 7.94. The fourth-order valence-electron chi connectivity index (χ4n) is 3.60. The van der Waals surface area contributed by atoms with Crippen molar-refractivity contribution in [1.29, 1.82) is 0 Å². The maximum absolute atomic E-state index is 12.6. The Balaban J connectivity index is 2.05. The van der Waals surface area contributed by atoms with Gasteiger partial charge in [0.2, 0.25) is 0 Å². The molecular weight excluding hydrogens is 408 g/mol. The van der Waals surface area contributed by atoms with Crippen molar-refractivity contribution in [1.82, 2.24) is 15.2 Å². The van der Waals surface area contributed by atoms with E-state index in [-0.39, 0.29) is 12.1 Å². The molecule has 32 heavy (non-hydrogen) atoms. The molecule has 0 bridgehead atoms. The molecule has 1 atom stereocenters. The Bertz CT molecular complexity index is 973. The number of urea groups is 1. The number of hydrazone groups is 1. The number of fused-ring (bicyclic) bond motifs is 1. The number of likely N-dealkylation sites (N-methyl/N-ethyl adjacent to an activating group) is 1. The first-order valence-corrected chi connectivity index (χ1v) is 10.6. The predicted molar refractivity (Wildman–Crippen MR) is 125 cm³/mol. The summed E-state index contributed by atoms with van der Waals surface area (Å²) in [6.45, 7) is 3.42. The number of nitrogens with one attached hydrogen (secondary N) is 1. The summed E-state index contributed by atoms with van der Waals surface area (Å²) >= 11 is 0. The van der Waals surface area contributed by atoms with E-state index in [0.29, 0.717) is 30.2 Å². The Morgan fingerprint density at radius 1 is 1.16 bits per heavy atom. The van der Waals surface area contributed by atoms with Crippen molar-refractivity contribution in [3.8, 4) is 17.2 Å². The van der Waals surface area contributed by atoms with Crippen LogP contribution < -0.4 is 19.5 Å². The minimum Gasteiger partial charge on any atom is -0.493 e. The molecule has 0 saturated heterocycles. The van der Waals surface area contributed by atoms with Gasteiger partial charge in [-0.05, 0) is 69.4 Å². The topological polar surface area (TPSA) is 75.6 Å². The average Bonchev–Trinajstić information content (AvgIpc) is 2.93. The molecule has 1 aliphatic rings. The van der Waals surface area contributed by atoms with Crippen molar-refractivity contribution in [2.24, 2.45) is 5.10 Å². The Labute approximate surface area is 189 Å². The van der Waals surface area contributed by atoms with Crippen molar-refractivity contribution >= 4 is 11.7 Å². The molecule has 2 aromatic carbocycles. The first-order chi connectivity index (χ1) is 15.4. The summed E-state index contributed by atoms with van der Waals surface area (Å²) in [7, 11) is 8.85. The largest absolute Gasteiger partial charge is 0.493 e. The number of carbonyl (C=O) groups is 1. The molecule has 2 amide bonds. The third-order valence-electron chi connectivity index (χ3n) is 5.36. The van der Waals surface area contributed by atoms with Gasteiger partial charge in [0.15, 0.2) is 11.5 Å². The van der Waals surface area contributed by atoms with E-state index < -0.39 is 0 Å². The second kappa shape index (κ2) is 10.4. The Hall–Kier alpha value is -3.26. The number of nitrogens with zero attached hydrogens (tertiary/aromatic N) is 3. The number of carbonyl (C=O) groups excluding carboxylic acids is 1. The van der Waals surface area contributed by atoms with Crippen LogP contribution in [0.4, 0.5) is 4.79 Å². The summed E-state index contributed by atoms with van der Waals surface area (Å²) in [5, 5.41) is 8.96. The molecule has 8 nitrogen and oxygen atoms in total. The zero-order valence-electron chi connectivity index (χ0n) is 19.6. The van der Waals surface area contributed by atoms with Gasteiger partial charge in [-0.2, -0.15) is 5.10 Å². The fraction of sp³-hybridized carbons (Fsp3) is 0.417. The zero-order chi connectivity index (χ0) is 23.3. The molecule has 0 unspecified atom stereocenters. The van der Waals surface area contributed by atoms with E-state index in [9.17, 15) is 4.79 Å². The quantitative estimate of drug-likeness (QED) is 0.716. The monoisotopic (exact) mass is 440 g/mol. The molecule has 0 aromatic heterocycles. The van der Waals surface area contributed by atoms with Crippen molar-refractivity contribution in [3.63, 3.8) is 0 Å². The molecule has 3 rings (SSSR count). The van der Waals surface area contributed by atoms with Gasteiger partial charge in [0, 0.05) is 24.7 Å². The lowest BCUT2D eigenvalue weighted by Gasteiger charge is -2.22. The second-order valence-corrected chi connectivity index (χ2v) is 7.94. The first kappa shape index (κ1) is 23.4. The van der Waals surface area contributed by atoms with E-state index in [1.54, 1.807) is 21.3 Å². The minimum absolute atomic E-state index is 0.141. The Kier molecular flexibility index (Phi) is 7.58. The summed E-state index contributed by atoms with van der Waals surface area (Å²) in [6.07, 6.45) is 0.627. The van der Waals surface area contributed by atoms with E-state index in [2.05, 4.69) is 10.2 Å². The van der Waals surface area contributed by atoms with Crippen molar-refractivity contribution in [2.75, 3.05) is 48.5 Å². The number of hydrogen-bond donors (Lipinski definition) is 1. The molecule has 0 fully saturated rings. The van der Waals surface area contributed by atoms with Crippen LogP contribution in [0.25, 0.3) is 0 Å². The smallest absolute Gasteiger partial charge is 0.337 e. The van der Waals surface area contributed by atoms with E-state index in [0.717, 1.165) is 29.0 Å². The van der Waals surface area contributed by atoms with Gasteiger partial charge in [0.25, 0.3) is 0 Å². The molecule has 1 N–H and O–H groups in total. The molecule has 0 radical (unpaired) electrons. The Morgan fingerprint density at radius 3 is 2.41 bits per heavy atom. The molecule has 2 aromatic rings.